The third-order valence-electron chi connectivity index (χ3n) is 2.58. The van der Waals surface area contributed by atoms with E-state index in [1.165, 1.54) is 0 Å². The Morgan fingerprint density at radius 2 is 2.21 bits per heavy atom. The van der Waals surface area contributed by atoms with Crippen LogP contribution >= 0.6 is 0 Å². The van der Waals surface area contributed by atoms with Crippen LogP contribution in [-0.4, -0.2) is 33.7 Å². The normalized spacial score (nSPS) is 12.2. The summed E-state index contributed by atoms with van der Waals surface area (Å²) in [7, 11) is 0. The standard InChI is InChI=1S/C13H21N3O3/c1-4-10(5-13(17)18)6-15-11-7-14-8-12(16-11)19-9(2)3/h7-10H,4-6H2,1-3H3,(H,15,16)(H,17,18). The highest BCUT2D eigenvalue weighted by Gasteiger charge is 2.11. The Morgan fingerprint density at radius 3 is 2.79 bits per heavy atom. The first-order valence-corrected chi connectivity index (χ1v) is 6.45. The van der Waals surface area contributed by atoms with E-state index in [1.54, 1.807) is 12.4 Å². The zero-order valence-corrected chi connectivity index (χ0v) is 11.6. The van der Waals surface area contributed by atoms with Gasteiger partial charge in [-0.25, -0.2) is 0 Å². The molecule has 0 amide bonds. The molecule has 106 valence electrons. The van der Waals surface area contributed by atoms with Gasteiger partial charge in [-0.3, -0.25) is 9.78 Å². The highest BCUT2D eigenvalue weighted by Crippen LogP contribution is 2.13. The Morgan fingerprint density at radius 1 is 1.47 bits per heavy atom. The predicted molar refractivity (Wildman–Crippen MR) is 72.3 cm³/mol. The van der Waals surface area contributed by atoms with Gasteiger partial charge in [0.05, 0.1) is 18.5 Å². The number of aromatic nitrogens is 2. The first-order valence-electron chi connectivity index (χ1n) is 6.45. The van der Waals surface area contributed by atoms with Gasteiger partial charge in [0.15, 0.2) is 0 Å². The lowest BCUT2D eigenvalue weighted by Gasteiger charge is -2.14. The van der Waals surface area contributed by atoms with E-state index in [2.05, 4.69) is 15.3 Å². The van der Waals surface area contributed by atoms with Crippen LogP contribution in [0, 0.1) is 5.92 Å². The van der Waals surface area contributed by atoms with Gasteiger partial charge in [-0.05, 0) is 19.8 Å². The lowest BCUT2D eigenvalue weighted by Crippen LogP contribution is -2.18. The first kappa shape index (κ1) is 15.2. The number of nitrogens with one attached hydrogen (secondary N) is 1. The van der Waals surface area contributed by atoms with Crippen molar-refractivity contribution in [1.82, 2.24) is 9.97 Å². The van der Waals surface area contributed by atoms with Crippen LogP contribution in [-0.2, 0) is 4.79 Å². The molecule has 0 aliphatic heterocycles. The Labute approximate surface area is 113 Å². The summed E-state index contributed by atoms with van der Waals surface area (Å²) in [5.41, 5.74) is 0. The van der Waals surface area contributed by atoms with Gasteiger partial charge in [-0.2, -0.15) is 4.98 Å². The minimum absolute atomic E-state index is 0.0416. The number of carboxylic acid groups (broad SMARTS) is 1. The Hall–Kier alpha value is -1.85. The largest absolute Gasteiger partial charge is 0.481 e. The summed E-state index contributed by atoms with van der Waals surface area (Å²) in [5, 5.41) is 11.9. The number of hydrogen-bond donors (Lipinski definition) is 2. The zero-order chi connectivity index (χ0) is 14.3. The third-order valence-corrected chi connectivity index (χ3v) is 2.58. The first-order chi connectivity index (χ1) is 9.01. The van der Waals surface area contributed by atoms with Crippen molar-refractivity contribution in [2.75, 3.05) is 11.9 Å². The number of anilines is 1. The average Bonchev–Trinajstić information content (AvgIpc) is 2.33. The molecular formula is C13H21N3O3. The maximum Gasteiger partial charge on any atom is 0.303 e. The number of carbonyl (C=O) groups is 1. The molecule has 0 spiro atoms. The van der Waals surface area contributed by atoms with E-state index >= 15 is 0 Å². The van der Waals surface area contributed by atoms with Gasteiger partial charge < -0.3 is 15.2 Å². The zero-order valence-electron chi connectivity index (χ0n) is 11.6. The van der Waals surface area contributed by atoms with Gasteiger partial charge in [-0.15, -0.1) is 0 Å². The van der Waals surface area contributed by atoms with Gasteiger partial charge in [0, 0.05) is 13.0 Å². The molecule has 1 unspecified atom stereocenters. The molecule has 1 rings (SSSR count). The molecule has 0 saturated carbocycles. The van der Waals surface area contributed by atoms with Crippen molar-refractivity contribution < 1.29 is 14.6 Å². The molecule has 0 saturated heterocycles. The molecule has 19 heavy (non-hydrogen) atoms. The molecule has 1 atom stereocenters. The summed E-state index contributed by atoms with van der Waals surface area (Å²) >= 11 is 0. The molecule has 0 radical (unpaired) electrons. The van der Waals surface area contributed by atoms with Gasteiger partial charge in [0.25, 0.3) is 0 Å². The summed E-state index contributed by atoms with van der Waals surface area (Å²) < 4.78 is 5.44. The van der Waals surface area contributed by atoms with E-state index in [4.69, 9.17) is 9.84 Å². The van der Waals surface area contributed by atoms with Crippen molar-refractivity contribution in [3.05, 3.63) is 12.4 Å². The maximum absolute atomic E-state index is 10.7. The number of hydrogen-bond acceptors (Lipinski definition) is 5. The Kier molecular flexibility index (Phi) is 6.05. The SMILES string of the molecule is CCC(CNc1cncc(OC(C)C)n1)CC(=O)O. The number of carboxylic acids is 1. The fraction of sp³-hybridized carbons (Fsp3) is 0.615. The molecule has 0 aliphatic rings. The van der Waals surface area contributed by atoms with E-state index in [-0.39, 0.29) is 18.4 Å². The molecule has 0 fully saturated rings. The fourth-order valence-corrected chi connectivity index (χ4v) is 1.59. The topological polar surface area (TPSA) is 84.3 Å². The smallest absolute Gasteiger partial charge is 0.303 e. The van der Waals surface area contributed by atoms with E-state index in [0.717, 1.165) is 6.42 Å². The Bertz CT molecular complexity index is 410. The molecule has 0 aliphatic carbocycles. The van der Waals surface area contributed by atoms with Crippen LogP contribution in [0.1, 0.15) is 33.6 Å². The van der Waals surface area contributed by atoms with Gasteiger partial charge in [0.1, 0.15) is 5.82 Å². The van der Waals surface area contributed by atoms with Crippen molar-refractivity contribution in [3.63, 3.8) is 0 Å². The minimum Gasteiger partial charge on any atom is -0.481 e. The Balaban J connectivity index is 2.54. The molecule has 6 nitrogen and oxygen atoms in total. The second-order valence-corrected chi connectivity index (χ2v) is 4.66. The lowest BCUT2D eigenvalue weighted by molar-refractivity contribution is -0.138. The van der Waals surface area contributed by atoms with Gasteiger partial charge in [-0.1, -0.05) is 13.3 Å². The van der Waals surface area contributed by atoms with Crippen LogP contribution in [0.2, 0.25) is 0 Å². The van der Waals surface area contributed by atoms with Crippen LogP contribution in [0.3, 0.4) is 0 Å². The van der Waals surface area contributed by atoms with Crippen LogP contribution in [0.5, 0.6) is 5.88 Å². The number of ether oxygens (including phenoxy) is 1. The quantitative estimate of drug-likeness (QED) is 0.751. The maximum atomic E-state index is 10.7. The van der Waals surface area contributed by atoms with Crippen LogP contribution in [0.25, 0.3) is 0 Å². The number of nitrogens with zero attached hydrogens (tertiary/aromatic N) is 2. The summed E-state index contributed by atoms with van der Waals surface area (Å²) in [6, 6.07) is 0. The van der Waals surface area contributed by atoms with Crippen LogP contribution in [0.4, 0.5) is 5.82 Å². The molecule has 0 bridgehead atoms. The third kappa shape index (κ3) is 6.03. The highest BCUT2D eigenvalue weighted by molar-refractivity contribution is 5.67. The van der Waals surface area contributed by atoms with Crippen molar-refractivity contribution in [3.8, 4) is 5.88 Å². The van der Waals surface area contributed by atoms with Crippen LogP contribution in [0.15, 0.2) is 12.4 Å². The summed E-state index contributed by atoms with van der Waals surface area (Å²) in [4.78, 5) is 19.0. The summed E-state index contributed by atoms with van der Waals surface area (Å²) in [5.74, 6) is 0.360. The van der Waals surface area contributed by atoms with Crippen molar-refractivity contribution in [2.24, 2.45) is 5.92 Å². The van der Waals surface area contributed by atoms with E-state index < -0.39 is 5.97 Å². The van der Waals surface area contributed by atoms with Crippen molar-refractivity contribution >= 4 is 11.8 Å². The highest BCUT2D eigenvalue weighted by atomic mass is 16.5. The second kappa shape index (κ2) is 7.56. The molecule has 1 aromatic heterocycles. The monoisotopic (exact) mass is 267 g/mol. The second-order valence-electron chi connectivity index (χ2n) is 4.66. The molecule has 1 aromatic rings. The summed E-state index contributed by atoms with van der Waals surface area (Å²) in [6.07, 6.45) is 4.15. The molecular weight excluding hydrogens is 246 g/mol. The number of aliphatic carboxylic acids is 1. The predicted octanol–water partition coefficient (Wildman–Crippen LogP) is 2.18. The number of rotatable bonds is 8. The van der Waals surface area contributed by atoms with Crippen molar-refractivity contribution in [1.29, 1.82) is 0 Å². The van der Waals surface area contributed by atoms with Crippen molar-refractivity contribution in [2.45, 2.75) is 39.7 Å². The minimum atomic E-state index is -0.781. The average molecular weight is 267 g/mol. The van der Waals surface area contributed by atoms with E-state index in [9.17, 15) is 4.79 Å². The summed E-state index contributed by atoms with van der Waals surface area (Å²) in [6.45, 7) is 6.37. The lowest BCUT2D eigenvalue weighted by atomic mass is 10.0. The fourth-order valence-electron chi connectivity index (χ4n) is 1.59. The molecule has 6 heteroatoms. The van der Waals surface area contributed by atoms with E-state index in [1.807, 2.05) is 20.8 Å². The van der Waals surface area contributed by atoms with Crippen LogP contribution < -0.4 is 10.1 Å². The molecule has 2 N–H and O–H groups in total. The van der Waals surface area contributed by atoms with Gasteiger partial charge >= 0.3 is 5.97 Å². The van der Waals surface area contributed by atoms with E-state index in [0.29, 0.717) is 18.2 Å². The molecule has 0 aromatic carbocycles. The van der Waals surface area contributed by atoms with Gasteiger partial charge in [0.2, 0.25) is 5.88 Å². The molecule has 1 heterocycles.